The van der Waals surface area contributed by atoms with Crippen LogP contribution in [0.3, 0.4) is 0 Å². The van der Waals surface area contributed by atoms with Crippen molar-refractivity contribution in [1.82, 2.24) is 0 Å². The third-order valence-electron chi connectivity index (χ3n) is 3.17. The lowest BCUT2D eigenvalue weighted by atomic mass is 10.1. The van der Waals surface area contributed by atoms with Crippen LogP contribution in [0, 0.1) is 0 Å². The fourth-order valence-electron chi connectivity index (χ4n) is 1.94. The van der Waals surface area contributed by atoms with Gasteiger partial charge in [0, 0.05) is 29.4 Å². The Morgan fingerprint density at radius 3 is 2.24 bits per heavy atom. The molecule has 2 N–H and O–H groups in total. The summed E-state index contributed by atoms with van der Waals surface area (Å²) in [6.45, 7) is 2.73. The van der Waals surface area contributed by atoms with Crippen molar-refractivity contribution in [2.75, 3.05) is 17.2 Å². The van der Waals surface area contributed by atoms with Gasteiger partial charge in [0.25, 0.3) is 0 Å². The molecule has 0 aliphatic heterocycles. The van der Waals surface area contributed by atoms with Crippen LogP contribution in [0.25, 0.3) is 0 Å². The van der Waals surface area contributed by atoms with E-state index < -0.39 is 0 Å². The summed E-state index contributed by atoms with van der Waals surface area (Å²) in [7, 11) is 0. The van der Waals surface area contributed by atoms with Crippen molar-refractivity contribution in [2.24, 2.45) is 0 Å². The van der Waals surface area contributed by atoms with Gasteiger partial charge in [-0.05, 0) is 48.4 Å². The number of anilines is 2. The molecule has 2 aromatic rings. The number of rotatable bonds is 6. The van der Waals surface area contributed by atoms with E-state index in [1.807, 2.05) is 12.1 Å². The normalized spacial score (nSPS) is 10.2. The molecule has 0 aliphatic carbocycles. The van der Waals surface area contributed by atoms with Gasteiger partial charge in [-0.1, -0.05) is 30.7 Å². The minimum Gasteiger partial charge on any atom is -0.385 e. The van der Waals surface area contributed by atoms with Crippen LogP contribution >= 0.6 is 11.6 Å². The molecule has 2 aromatic carbocycles. The van der Waals surface area contributed by atoms with Gasteiger partial charge in [-0.2, -0.15) is 0 Å². The molecule has 0 heterocycles. The summed E-state index contributed by atoms with van der Waals surface area (Å²) in [6, 6.07) is 15.3. The number of aryl methyl sites for hydroxylation is 1. The first-order chi connectivity index (χ1) is 10.2. The molecule has 3 nitrogen and oxygen atoms in total. The van der Waals surface area contributed by atoms with E-state index in [-0.39, 0.29) is 5.91 Å². The zero-order chi connectivity index (χ0) is 15.1. The van der Waals surface area contributed by atoms with Crippen molar-refractivity contribution in [1.29, 1.82) is 0 Å². The molecule has 0 atom stereocenters. The molecule has 4 heteroatoms. The molecule has 0 bridgehead atoms. The number of halogens is 1. The molecule has 0 spiro atoms. The number of carbonyl (C=O) groups is 1. The van der Waals surface area contributed by atoms with Crippen LogP contribution < -0.4 is 10.6 Å². The zero-order valence-corrected chi connectivity index (χ0v) is 12.8. The van der Waals surface area contributed by atoms with E-state index >= 15 is 0 Å². The summed E-state index contributed by atoms with van der Waals surface area (Å²) < 4.78 is 0. The first-order valence-electron chi connectivity index (χ1n) is 7.05. The predicted molar refractivity (Wildman–Crippen MR) is 89.0 cm³/mol. The molecule has 0 fully saturated rings. The highest BCUT2D eigenvalue weighted by Gasteiger charge is 2.02. The van der Waals surface area contributed by atoms with Crippen LogP contribution in [-0.4, -0.2) is 12.5 Å². The van der Waals surface area contributed by atoms with Gasteiger partial charge in [0.1, 0.15) is 0 Å². The van der Waals surface area contributed by atoms with Gasteiger partial charge in [-0.15, -0.1) is 0 Å². The maximum atomic E-state index is 11.8. The number of carbonyl (C=O) groups excluding carboxylic acids is 1. The van der Waals surface area contributed by atoms with Crippen LogP contribution in [0.1, 0.15) is 18.9 Å². The number of benzene rings is 2. The fraction of sp³-hybridized carbons (Fsp3) is 0.235. The van der Waals surface area contributed by atoms with Crippen LogP contribution in [-0.2, 0) is 11.2 Å². The highest BCUT2D eigenvalue weighted by Crippen LogP contribution is 2.14. The van der Waals surface area contributed by atoms with Gasteiger partial charge in [0.05, 0.1) is 0 Å². The van der Waals surface area contributed by atoms with E-state index in [1.54, 1.807) is 24.3 Å². The first-order valence-corrected chi connectivity index (χ1v) is 7.43. The van der Waals surface area contributed by atoms with E-state index in [2.05, 4.69) is 29.7 Å². The Hall–Kier alpha value is -2.00. The minimum atomic E-state index is -0.0185. The van der Waals surface area contributed by atoms with Gasteiger partial charge < -0.3 is 10.6 Å². The average Bonchev–Trinajstić information content (AvgIpc) is 2.50. The Bertz CT molecular complexity index is 579. The lowest BCUT2D eigenvalue weighted by molar-refractivity contribution is -0.115. The predicted octanol–water partition coefficient (Wildman–Crippen LogP) is 4.34. The first kappa shape index (κ1) is 15.4. The van der Waals surface area contributed by atoms with Gasteiger partial charge in [-0.3, -0.25) is 4.79 Å². The second-order valence-electron chi connectivity index (χ2n) is 4.78. The van der Waals surface area contributed by atoms with Gasteiger partial charge >= 0.3 is 0 Å². The second-order valence-corrected chi connectivity index (χ2v) is 5.22. The van der Waals surface area contributed by atoms with Gasteiger partial charge in [0.2, 0.25) is 5.91 Å². The van der Waals surface area contributed by atoms with Crippen LogP contribution in [0.2, 0.25) is 5.02 Å². The third kappa shape index (κ3) is 5.12. The molecule has 0 saturated carbocycles. The van der Waals surface area contributed by atoms with Crippen molar-refractivity contribution >= 4 is 28.9 Å². The molecule has 0 aromatic heterocycles. The molecular weight excluding hydrogens is 284 g/mol. The van der Waals surface area contributed by atoms with E-state index in [0.29, 0.717) is 18.0 Å². The Morgan fingerprint density at radius 2 is 1.62 bits per heavy atom. The fourth-order valence-corrected chi connectivity index (χ4v) is 2.06. The number of nitrogens with one attached hydrogen (secondary N) is 2. The van der Waals surface area contributed by atoms with E-state index in [9.17, 15) is 4.79 Å². The topological polar surface area (TPSA) is 41.1 Å². The van der Waals surface area contributed by atoms with Gasteiger partial charge in [0.15, 0.2) is 0 Å². The highest BCUT2D eigenvalue weighted by atomic mass is 35.5. The minimum absolute atomic E-state index is 0.0185. The molecule has 0 aliphatic rings. The van der Waals surface area contributed by atoms with E-state index in [0.717, 1.165) is 17.8 Å². The molecule has 2 rings (SSSR count). The van der Waals surface area contributed by atoms with E-state index in [4.69, 9.17) is 11.6 Å². The zero-order valence-electron chi connectivity index (χ0n) is 12.0. The molecule has 1 amide bonds. The lowest BCUT2D eigenvalue weighted by Gasteiger charge is -2.08. The summed E-state index contributed by atoms with van der Waals surface area (Å²) in [5.74, 6) is -0.0185. The number of hydrogen-bond acceptors (Lipinski definition) is 2. The molecule has 0 saturated heterocycles. The van der Waals surface area contributed by atoms with Crippen LogP contribution in [0.4, 0.5) is 11.4 Å². The van der Waals surface area contributed by atoms with Crippen molar-refractivity contribution in [3.05, 3.63) is 59.1 Å². The van der Waals surface area contributed by atoms with Crippen molar-refractivity contribution in [3.8, 4) is 0 Å². The largest absolute Gasteiger partial charge is 0.385 e. The SMILES string of the molecule is CCc1ccc(NCCC(=O)Nc2ccc(Cl)cc2)cc1. The smallest absolute Gasteiger partial charge is 0.226 e. The van der Waals surface area contributed by atoms with Gasteiger partial charge in [-0.25, -0.2) is 0 Å². The monoisotopic (exact) mass is 302 g/mol. The Morgan fingerprint density at radius 1 is 1.00 bits per heavy atom. The van der Waals surface area contributed by atoms with Crippen molar-refractivity contribution in [2.45, 2.75) is 19.8 Å². The lowest BCUT2D eigenvalue weighted by Crippen LogP contribution is -2.16. The molecule has 21 heavy (non-hydrogen) atoms. The maximum Gasteiger partial charge on any atom is 0.226 e. The van der Waals surface area contributed by atoms with Crippen molar-refractivity contribution in [3.63, 3.8) is 0 Å². The summed E-state index contributed by atoms with van der Waals surface area (Å²) in [6.07, 6.45) is 1.45. The number of hydrogen-bond donors (Lipinski definition) is 2. The molecular formula is C17H19ClN2O. The van der Waals surface area contributed by atoms with Crippen LogP contribution in [0.15, 0.2) is 48.5 Å². The molecule has 0 radical (unpaired) electrons. The molecule has 0 unspecified atom stereocenters. The second kappa shape index (κ2) is 7.70. The summed E-state index contributed by atoms with van der Waals surface area (Å²) in [4.78, 5) is 11.8. The quantitative estimate of drug-likeness (QED) is 0.833. The molecule has 110 valence electrons. The van der Waals surface area contributed by atoms with Crippen LogP contribution in [0.5, 0.6) is 0 Å². The summed E-state index contributed by atoms with van der Waals surface area (Å²) in [5, 5.41) is 6.73. The summed E-state index contributed by atoms with van der Waals surface area (Å²) >= 11 is 5.80. The average molecular weight is 303 g/mol. The standard InChI is InChI=1S/C17H19ClN2O/c1-2-13-3-7-15(8-4-13)19-12-11-17(21)20-16-9-5-14(18)6-10-16/h3-10,19H,2,11-12H2,1H3,(H,20,21). The van der Waals surface area contributed by atoms with Crippen molar-refractivity contribution < 1.29 is 4.79 Å². The maximum absolute atomic E-state index is 11.8. The Labute approximate surface area is 130 Å². The Kier molecular flexibility index (Phi) is 5.64. The Balaban J connectivity index is 1.74. The highest BCUT2D eigenvalue weighted by molar-refractivity contribution is 6.30. The summed E-state index contributed by atoms with van der Waals surface area (Å²) in [5.41, 5.74) is 3.10. The third-order valence-corrected chi connectivity index (χ3v) is 3.42. The van der Waals surface area contributed by atoms with E-state index in [1.165, 1.54) is 5.56 Å². The number of amides is 1.